The second-order valence-corrected chi connectivity index (χ2v) is 46.4. The summed E-state index contributed by atoms with van der Waals surface area (Å²) in [7, 11) is 27.9. The summed E-state index contributed by atoms with van der Waals surface area (Å²) in [6.45, 7) is 2.12. The third kappa shape index (κ3) is 18.2. The number of nitrogen functional groups attached to an aromatic ring is 2. The second kappa shape index (κ2) is 39.7. The van der Waals surface area contributed by atoms with E-state index in [0.717, 1.165) is 150 Å². The number of rotatable bonds is 17. The molecule has 21 aromatic rings. The van der Waals surface area contributed by atoms with Crippen LogP contribution in [-0.4, -0.2) is 175 Å². The van der Waals surface area contributed by atoms with Gasteiger partial charge in [-0.15, -0.1) is 125 Å². The Labute approximate surface area is 855 Å². The van der Waals surface area contributed by atoms with Gasteiger partial charge in [-0.05, 0) is 169 Å². The van der Waals surface area contributed by atoms with E-state index in [1.165, 1.54) is 98.1 Å². The lowest BCUT2D eigenvalue weighted by atomic mass is 9.96. The van der Waals surface area contributed by atoms with E-state index < -0.39 is 42.4 Å². The highest BCUT2D eigenvalue weighted by Gasteiger charge is 2.42. The van der Waals surface area contributed by atoms with Crippen LogP contribution in [0.25, 0.3) is 159 Å². The molecule has 0 saturated carbocycles. The van der Waals surface area contributed by atoms with Crippen LogP contribution >= 0.6 is 203 Å². The standard InChI is InChI=1S/C28H20N6S5.C18H16N6O4S3.C18H20N6S3.C10H4O2S2.C7H11NS.C6Br2N4O4S/c1-33(2)17-7-5-15(37-17)19-23-24(20(26-25(19)31-39-32-26)16-6-8-18(38-16)34(3)4)30-22-14-10-12-36-28(14)27-13(9-11-35-27)21(22)29-23;1-21(2)11-7-5-9(29-11)13-15-16(20-31-19-15)14(10-6-8-12(30-10)22(3)4)18(24(27)28)17(13)23(25)26;1-23(2)11-7-5-9(25-11)13-15(19)16(20)14(18-17(13)21-27-22-18)10-6-8-12(26-10)24(3)4;11-7-5-1-3-13-9(5)10-6(8(7)12)2-4-14-10;1-6-4-5-7(9-6)8(2)3;7-1-3-4(10-17-9-3)2(8)6(12(15)16)5(1)11(13)14/h5-12H,1-4H3;5-8H,1-4H3;5-8H,19-20H2,1-4H3;1-4H;4-5H,1-3H3;. The molecule has 16 aromatic heterocycles. The number of thiophene rings is 11. The van der Waals surface area contributed by atoms with Crippen molar-refractivity contribution in [3.05, 3.63) is 196 Å². The molecule has 4 N–H and O–H groups in total. The molecular formula is C87H71Br2N23O10S15. The van der Waals surface area contributed by atoms with Crippen molar-refractivity contribution in [1.82, 2.24) is 45.0 Å². The number of nitro benzene ring substituents is 4. The minimum absolute atomic E-state index is 0.0406. The maximum Gasteiger partial charge on any atom is 0.363 e. The largest absolute Gasteiger partial charge is 0.396 e. The quantitative estimate of drug-likeness (QED) is 0.0281. The molecule has 0 saturated heterocycles. The zero-order chi connectivity index (χ0) is 97.5. The van der Waals surface area contributed by atoms with Crippen molar-refractivity contribution in [1.29, 1.82) is 0 Å². The van der Waals surface area contributed by atoms with Crippen LogP contribution in [0.15, 0.2) is 140 Å². The van der Waals surface area contributed by atoms with Gasteiger partial charge in [-0.3, -0.25) is 50.0 Å². The number of aromatic nitrogens is 10. The number of carbonyl (C=O) groups is 2. The number of hydrogen-bond donors (Lipinski definition) is 2. The van der Waals surface area contributed by atoms with E-state index in [0.29, 0.717) is 43.3 Å². The minimum Gasteiger partial charge on any atom is -0.396 e. The molecule has 0 amide bonds. The molecule has 0 aliphatic heterocycles. The molecule has 16 heterocycles. The predicted molar refractivity (Wildman–Crippen MR) is 587 cm³/mol. The van der Waals surface area contributed by atoms with Crippen LogP contribution in [0.5, 0.6) is 0 Å². The van der Waals surface area contributed by atoms with Crippen molar-refractivity contribution in [2.45, 2.75) is 6.92 Å². The molecule has 0 radical (unpaired) electrons. The number of ketones is 2. The Morgan fingerprint density at radius 1 is 0.292 bits per heavy atom. The van der Waals surface area contributed by atoms with Crippen molar-refractivity contribution in [2.75, 3.05) is 144 Å². The normalized spacial score (nSPS) is 11.6. The van der Waals surface area contributed by atoms with E-state index in [2.05, 4.69) is 215 Å². The van der Waals surface area contributed by atoms with Gasteiger partial charge < -0.3 is 45.8 Å². The highest BCUT2D eigenvalue weighted by molar-refractivity contribution is 9.11. The maximum absolute atomic E-state index is 12.2. The first-order chi connectivity index (χ1) is 65.5. The first kappa shape index (κ1) is 97.0. The minimum atomic E-state index is -0.828. The summed E-state index contributed by atoms with van der Waals surface area (Å²) in [5.74, 6) is -0.737. The van der Waals surface area contributed by atoms with Crippen molar-refractivity contribution in [3.63, 3.8) is 0 Å². The fourth-order valence-electron chi connectivity index (χ4n) is 14.7. The van der Waals surface area contributed by atoms with E-state index in [4.69, 9.17) is 30.2 Å². The van der Waals surface area contributed by atoms with E-state index in [-0.39, 0.29) is 42.7 Å². The van der Waals surface area contributed by atoms with Gasteiger partial charge in [-0.25, -0.2) is 9.97 Å². The number of nitrogens with zero attached hydrogens (tertiary/aromatic N) is 21. The number of nitrogens with two attached hydrogens (primary N) is 2. The van der Waals surface area contributed by atoms with Crippen molar-refractivity contribution in [3.8, 4) is 72.4 Å². The van der Waals surface area contributed by atoms with E-state index in [1.807, 2.05) is 100 Å². The predicted octanol–water partition coefficient (Wildman–Crippen LogP) is 26.4. The second-order valence-electron chi connectivity index (χ2n) is 31.4. The highest BCUT2D eigenvalue weighted by atomic mass is 79.9. The summed E-state index contributed by atoms with van der Waals surface area (Å²) in [5, 5.41) is 64.1. The van der Waals surface area contributed by atoms with E-state index >= 15 is 0 Å². The fraction of sp³-hybridized carbons (Fsp3) is 0.172. The van der Waals surface area contributed by atoms with Crippen LogP contribution in [-0.2, 0) is 0 Å². The Morgan fingerprint density at radius 2 is 0.540 bits per heavy atom. The Bertz CT molecular complexity index is 7890. The van der Waals surface area contributed by atoms with Crippen LogP contribution in [0.3, 0.4) is 0 Å². The number of benzene rings is 5. The Balaban J connectivity index is 0.000000120. The molecule has 50 heteroatoms. The van der Waals surface area contributed by atoms with E-state index in [1.54, 1.807) is 92.3 Å². The highest BCUT2D eigenvalue weighted by Crippen LogP contribution is 2.56. The number of nitro groups is 4. The van der Waals surface area contributed by atoms with Gasteiger partial charge >= 0.3 is 22.7 Å². The lowest BCUT2D eigenvalue weighted by molar-refractivity contribution is -0.423. The number of halogens is 2. The molecule has 5 aromatic carbocycles. The van der Waals surface area contributed by atoms with Gasteiger partial charge in [0.1, 0.15) is 75.2 Å². The molecule has 1 aliphatic carbocycles. The summed E-state index contributed by atoms with van der Waals surface area (Å²) < 4.78 is 37.6. The molecule has 0 spiro atoms. The Morgan fingerprint density at radius 3 is 0.803 bits per heavy atom. The molecule has 0 fully saturated rings. The molecule has 137 heavy (non-hydrogen) atoms. The summed E-state index contributed by atoms with van der Waals surface area (Å²) in [5.41, 5.74) is 25.1. The lowest BCUT2D eigenvalue weighted by Gasteiger charge is -2.13. The summed E-state index contributed by atoms with van der Waals surface area (Å²) in [6, 6.07) is 36.2. The molecule has 33 nitrogen and oxygen atoms in total. The Hall–Kier alpha value is -11.7. The third-order valence-electron chi connectivity index (χ3n) is 21.2. The molecule has 0 unspecified atom stereocenters. The summed E-state index contributed by atoms with van der Waals surface area (Å²) in [6.07, 6.45) is 0. The number of Topliss-reactive ketones (excluding diaryl/α,β-unsaturated/α-hetero) is 2. The number of carbonyl (C=O) groups excluding carboxylic acids is 2. The van der Waals surface area contributed by atoms with Crippen LogP contribution in [0, 0.1) is 47.4 Å². The van der Waals surface area contributed by atoms with Crippen LogP contribution in [0.4, 0.5) is 69.1 Å². The van der Waals surface area contributed by atoms with Crippen molar-refractivity contribution in [2.24, 2.45) is 0 Å². The van der Waals surface area contributed by atoms with Crippen LogP contribution < -0.4 is 45.8 Å². The lowest BCUT2D eigenvalue weighted by Crippen LogP contribution is -2.18. The van der Waals surface area contributed by atoms with Gasteiger partial charge in [-0.2, -0.15) is 35.0 Å². The van der Waals surface area contributed by atoms with Gasteiger partial charge in [0.15, 0.2) is 0 Å². The first-order valence-corrected chi connectivity index (χ1v) is 53.9. The zero-order valence-corrected chi connectivity index (χ0v) is 89.6. The number of aryl methyl sites for hydroxylation is 1. The number of anilines is 9. The monoisotopic (exact) mass is 2230 g/mol. The SMILES string of the molecule is CN(C)c1ccc(-c2c(N)c(N)c(-c3ccc(N(C)C)s3)c3nsnc23)s1.CN(C)c1ccc(-c2c([N+](=O)[O-])c([N+](=O)[O-])c(-c3ccc(N(C)C)s3)c3nsnc23)s1.CN(C)c1ccc(-c2c3nsnc3c(-c3ccc(N(C)C)s3)c3nc4c5ccsc5c5sccc5c4nc23)s1.Cc1ccc(N(C)C)s1.O=C1C(=O)c2ccsc2-c2sccc21.O=[N+]([O-])c1c([N+](=O)[O-])c(Br)c2nsnc2c1Br. The molecule has 0 bridgehead atoms. The van der Waals surface area contributed by atoms with E-state index in [9.17, 15) is 50.0 Å². The van der Waals surface area contributed by atoms with Gasteiger partial charge in [0.2, 0.25) is 11.6 Å². The smallest absolute Gasteiger partial charge is 0.363 e. The molecular weight excluding hydrogens is 2170 g/mol. The van der Waals surface area contributed by atoms with Crippen molar-refractivity contribution >= 4 is 371 Å². The van der Waals surface area contributed by atoms with Gasteiger partial charge in [-0.1, -0.05) is 0 Å². The van der Waals surface area contributed by atoms with Gasteiger partial charge in [0.05, 0.1) is 143 Å². The van der Waals surface area contributed by atoms with Gasteiger partial charge in [0, 0.05) is 177 Å². The van der Waals surface area contributed by atoms with Gasteiger partial charge in [0.25, 0.3) is 0 Å². The molecule has 1 aliphatic rings. The first-order valence-electron chi connectivity index (χ1n) is 40.2. The third-order valence-corrected chi connectivity index (χ3v) is 37.6. The number of fused-ring (bicyclic) bond motifs is 14. The summed E-state index contributed by atoms with van der Waals surface area (Å²) in [4.78, 5) is 100. The fourth-order valence-corrected chi connectivity index (χ4v) is 29.1. The Kier molecular flexibility index (Phi) is 28.1. The maximum atomic E-state index is 12.2. The topological polar surface area (TPSA) is 410 Å². The van der Waals surface area contributed by atoms with Crippen molar-refractivity contribution < 1.29 is 29.3 Å². The molecule has 698 valence electrons. The van der Waals surface area contributed by atoms with Crippen LogP contribution in [0.2, 0.25) is 0 Å². The zero-order valence-electron chi connectivity index (χ0n) is 74.2. The summed E-state index contributed by atoms with van der Waals surface area (Å²) >= 11 is 27.9. The average molecular weight is 2240 g/mol. The average Bonchev–Trinajstić information content (AvgIpc) is 1.62. The molecule has 22 rings (SSSR count). The number of hydrogen-bond acceptors (Lipinski definition) is 44. The van der Waals surface area contributed by atoms with Crippen LogP contribution in [0.1, 0.15) is 25.6 Å². The molecule has 0 atom stereocenters.